The van der Waals surface area contributed by atoms with Gasteiger partial charge in [-0.2, -0.15) is 0 Å². The van der Waals surface area contributed by atoms with Gasteiger partial charge in [0.05, 0.1) is 10.9 Å². The Labute approximate surface area is 124 Å². The third-order valence-corrected chi connectivity index (χ3v) is 4.54. The molecule has 1 aromatic carbocycles. The molecule has 1 N–H and O–H groups in total. The maximum atomic E-state index is 13.9. The monoisotopic (exact) mass is 305 g/mol. The molecule has 6 heteroatoms. The second kappa shape index (κ2) is 5.04. The highest BCUT2D eigenvalue weighted by atomic mass is 32.1. The number of hydrogen-bond donors (Lipinski definition) is 1. The molecule has 0 aliphatic carbocycles. The van der Waals surface area contributed by atoms with Gasteiger partial charge in [-0.25, -0.2) is 18.7 Å². The van der Waals surface area contributed by atoms with Crippen molar-refractivity contribution in [3.8, 4) is 11.4 Å². The zero-order chi connectivity index (χ0) is 15.1. The Kier molecular flexibility index (Phi) is 3.33. The summed E-state index contributed by atoms with van der Waals surface area (Å²) >= 11 is 1.52. The van der Waals surface area contributed by atoms with Crippen molar-refractivity contribution in [2.24, 2.45) is 0 Å². The van der Waals surface area contributed by atoms with E-state index >= 15 is 0 Å². The minimum absolute atomic E-state index is 0.0668. The molecule has 0 aliphatic rings. The summed E-state index contributed by atoms with van der Waals surface area (Å²) in [5, 5.41) is 3.94. The number of aromatic nitrogens is 2. The predicted molar refractivity (Wildman–Crippen MR) is 81.8 cm³/mol. The van der Waals surface area contributed by atoms with Crippen molar-refractivity contribution in [2.75, 3.05) is 12.4 Å². The number of hydrogen-bond acceptors (Lipinski definition) is 4. The first-order chi connectivity index (χ1) is 10.0. The van der Waals surface area contributed by atoms with E-state index in [1.165, 1.54) is 11.3 Å². The first kappa shape index (κ1) is 13.9. The molecule has 0 saturated heterocycles. The van der Waals surface area contributed by atoms with Gasteiger partial charge in [0.25, 0.3) is 0 Å². The van der Waals surface area contributed by atoms with Crippen molar-refractivity contribution in [1.82, 2.24) is 9.97 Å². The van der Waals surface area contributed by atoms with E-state index in [-0.39, 0.29) is 11.4 Å². The topological polar surface area (TPSA) is 37.8 Å². The van der Waals surface area contributed by atoms with Crippen molar-refractivity contribution < 1.29 is 8.78 Å². The first-order valence-electron chi connectivity index (χ1n) is 6.42. The lowest BCUT2D eigenvalue weighted by Gasteiger charge is -2.07. The maximum absolute atomic E-state index is 13.9. The first-order valence-corrected chi connectivity index (χ1v) is 7.24. The summed E-state index contributed by atoms with van der Waals surface area (Å²) in [6.07, 6.45) is 0. The highest BCUT2D eigenvalue weighted by Gasteiger charge is 2.17. The molecule has 0 unspecified atom stereocenters. The molecule has 3 aromatic rings. The predicted octanol–water partition coefficient (Wildman–Crippen LogP) is 4.30. The van der Waals surface area contributed by atoms with Crippen LogP contribution in [0.4, 0.5) is 14.6 Å². The number of fused-ring (bicyclic) bond motifs is 1. The zero-order valence-corrected chi connectivity index (χ0v) is 12.6. The van der Waals surface area contributed by atoms with E-state index in [1.54, 1.807) is 7.05 Å². The number of nitrogens with zero attached hydrogens (tertiary/aromatic N) is 2. The van der Waals surface area contributed by atoms with E-state index in [0.29, 0.717) is 5.82 Å². The van der Waals surface area contributed by atoms with Crippen LogP contribution in [-0.4, -0.2) is 17.0 Å². The van der Waals surface area contributed by atoms with E-state index in [4.69, 9.17) is 0 Å². The van der Waals surface area contributed by atoms with Gasteiger partial charge in [-0.1, -0.05) is 0 Å². The van der Waals surface area contributed by atoms with Crippen molar-refractivity contribution in [1.29, 1.82) is 0 Å². The Morgan fingerprint density at radius 2 is 1.90 bits per heavy atom. The van der Waals surface area contributed by atoms with Crippen LogP contribution in [0.3, 0.4) is 0 Å². The molecule has 0 amide bonds. The standard InChI is InChI=1S/C15H13F2N3S/c1-7-8(2)21-15-12(7)14(18-3)19-13(20-15)10-6-9(16)4-5-11(10)17/h4-6H,1-3H3,(H,18,19,20). The van der Waals surface area contributed by atoms with Crippen LogP contribution < -0.4 is 5.32 Å². The second-order valence-corrected chi connectivity index (χ2v) is 5.94. The van der Waals surface area contributed by atoms with Crippen LogP contribution in [0.25, 0.3) is 21.6 Å². The molecule has 2 aromatic heterocycles. The Bertz CT molecular complexity index is 843. The molecule has 0 atom stereocenters. The minimum Gasteiger partial charge on any atom is -0.372 e. The lowest BCUT2D eigenvalue weighted by atomic mass is 10.1. The number of nitrogens with one attached hydrogen (secondary N) is 1. The number of rotatable bonds is 2. The number of aryl methyl sites for hydroxylation is 2. The number of benzene rings is 1. The van der Waals surface area contributed by atoms with E-state index in [0.717, 1.165) is 38.9 Å². The molecule has 3 nitrogen and oxygen atoms in total. The van der Waals surface area contributed by atoms with Gasteiger partial charge in [-0.15, -0.1) is 11.3 Å². The summed E-state index contributed by atoms with van der Waals surface area (Å²) in [4.78, 5) is 10.6. The van der Waals surface area contributed by atoms with Crippen LogP contribution in [0, 0.1) is 25.5 Å². The molecule has 2 heterocycles. The molecular weight excluding hydrogens is 292 g/mol. The fourth-order valence-electron chi connectivity index (χ4n) is 2.22. The average molecular weight is 305 g/mol. The zero-order valence-electron chi connectivity index (χ0n) is 11.8. The number of thiophene rings is 1. The molecular formula is C15H13F2N3S. The Morgan fingerprint density at radius 1 is 1.14 bits per heavy atom. The van der Waals surface area contributed by atoms with Gasteiger partial charge in [-0.05, 0) is 37.6 Å². The smallest absolute Gasteiger partial charge is 0.166 e. The highest BCUT2D eigenvalue weighted by Crippen LogP contribution is 2.35. The largest absolute Gasteiger partial charge is 0.372 e. The molecule has 108 valence electrons. The second-order valence-electron chi connectivity index (χ2n) is 4.73. The van der Waals surface area contributed by atoms with E-state index in [2.05, 4.69) is 15.3 Å². The van der Waals surface area contributed by atoms with Gasteiger partial charge in [0.15, 0.2) is 5.82 Å². The van der Waals surface area contributed by atoms with Crippen LogP contribution in [-0.2, 0) is 0 Å². The Hall–Kier alpha value is -2.08. The number of halogens is 2. The van der Waals surface area contributed by atoms with E-state index in [9.17, 15) is 8.78 Å². The molecule has 0 aliphatic heterocycles. The molecule has 21 heavy (non-hydrogen) atoms. The van der Waals surface area contributed by atoms with Crippen LogP contribution in [0.1, 0.15) is 10.4 Å². The lowest BCUT2D eigenvalue weighted by Crippen LogP contribution is -1.99. The van der Waals surface area contributed by atoms with Gasteiger partial charge in [-0.3, -0.25) is 0 Å². The molecule has 3 rings (SSSR count). The fraction of sp³-hybridized carbons (Fsp3) is 0.200. The van der Waals surface area contributed by atoms with E-state index in [1.807, 2.05) is 13.8 Å². The third-order valence-electron chi connectivity index (χ3n) is 3.43. The molecule has 0 saturated carbocycles. The van der Waals surface area contributed by atoms with Crippen molar-refractivity contribution in [3.63, 3.8) is 0 Å². The van der Waals surface area contributed by atoms with Crippen molar-refractivity contribution >= 4 is 27.4 Å². The Morgan fingerprint density at radius 3 is 2.62 bits per heavy atom. The Balaban J connectivity index is 2.32. The summed E-state index contributed by atoms with van der Waals surface area (Å²) in [7, 11) is 1.75. The van der Waals surface area contributed by atoms with Gasteiger partial charge in [0, 0.05) is 11.9 Å². The highest BCUT2D eigenvalue weighted by molar-refractivity contribution is 7.18. The third kappa shape index (κ3) is 2.25. The fourth-order valence-corrected chi connectivity index (χ4v) is 3.25. The van der Waals surface area contributed by atoms with Gasteiger partial charge >= 0.3 is 0 Å². The minimum atomic E-state index is -0.539. The molecule has 0 spiro atoms. The normalized spacial score (nSPS) is 11.1. The van der Waals surface area contributed by atoms with Gasteiger partial charge < -0.3 is 5.32 Å². The van der Waals surface area contributed by atoms with Crippen LogP contribution in [0.2, 0.25) is 0 Å². The molecule has 0 fully saturated rings. The summed E-state index contributed by atoms with van der Waals surface area (Å²) in [6, 6.07) is 3.28. The summed E-state index contributed by atoms with van der Waals surface area (Å²) in [5.74, 6) is -0.243. The van der Waals surface area contributed by atoms with E-state index < -0.39 is 11.6 Å². The van der Waals surface area contributed by atoms with Gasteiger partial charge in [0.2, 0.25) is 0 Å². The van der Waals surface area contributed by atoms with Crippen molar-refractivity contribution in [3.05, 3.63) is 40.3 Å². The quantitative estimate of drug-likeness (QED) is 0.767. The summed E-state index contributed by atoms with van der Waals surface area (Å²) in [6.45, 7) is 4.00. The maximum Gasteiger partial charge on any atom is 0.166 e. The van der Waals surface area contributed by atoms with Crippen LogP contribution in [0.5, 0.6) is 0 Å². The summed E-state index contributed by atoms with van der Waals surface area (Å²) < 4.78 is 27.3. The SMILES string of the molecule is CNc1nc(-c2cc(F)ccc2F)nc2sc(C)c(C)c12. The molecule has 0 radical (unpaired) electrons. The van der Waals surface area contributed by atoms with Crippen LogP contribution >= 0.6 is 11.3 Å². The average Bonchev–Trinajstić information content (AvgIpc) is 2.76. The number of anilines is 1. The molecule has 0 bridgehead atoms. The van der Waals surface area contributed by atoms with Crippen LogP contribution in [0.15, 0.2) is 18.2 Å². The van der Waals surface area contributed by atoms with Gasteiger partial charge in [0.1, 0.15) is 22.3 Å². The van der Waals surface area contributed by atoms with Crippen molar-refractivity contribution in [2.45, 2.75) is 13.8 Å². The summed E-state index contributed by atoms with van der Waals surface area (Å²) in [5.41, 5.74) is 1.17. The lowest BCUT2D eigenvalue weighted by molar-refractivity contribution is 0.602.